The molecule has 0 N–H and O–H groups in total. The largest absolute Gasteiger partial charge is 0.250 e. The fraction of sp³-hybridized carbons (Fsp3) is 0. The van der Waals surface area contributed by atoms with Crippen molar-refractivity contribution in [1.82, 2.24) is 19.9 Å². The number of rotatable bonds is 0. The van der Waals surface area contributed by atoms with Crippen LogP contribution in [0.15, 0.2) is 18.7 Å². The molecule has 0 spiro atoms. The van der Waals surface area contributed by atoms with Gasteiger partial charge in [0, 0.05) is 12.4 Å². The van der Waals surface area contributed by atoms with Gasteiger partial charge in [-0.2, -0.15) is 0 Å². The van der Waals surface area contributed by atoms with Crippen LogP contribution in [0.3, 0.4) is 0 Å². The van der Waals surface area contributed by atoms with E-state index < -0.39 is 0 Å². The molecule has 0 fully saturated rings. The van der Waals surface area contributed by atoms with E-state index in [1.54, 1.807) is 12.4 Å². The lowest BCUT2D eigenvalue weighted by atomic mass is 10.4. The van der Waals surface area contributed by atoms with E-state index in [4.69, 9.17) is 11.6 Å². The Bertz CT molecular complexity index is 621. The number of thiophene rings is 1. The molecule has 0 atom stereocenters. The summed E-state index contributed by atoms with van der Waals surface area (Å²) in [5, 5.41) is 0.458. The van der Waals surface area contributed by atoms with Crippen molar-refractivity contribution in [3.8, 4) is 0 Å². The Morgan fingerprint density at radius 3 is 2.79 bits per heavy atom. The average Bonchev–Trinajstić information content (AvgIpc) is 2.59. The molecular weight excluding hydrogens is 220 g/mol. The third-order valence-electron chi connectivity index (χ3n) is 1.85. The molecule has 0 unspecified atom stereocenters. The van der Waals surface area contributed by atoms with Crippen molar-refractivity contribution in [2.45, 2.75) is 0 Å². The molecule has 3 rings (SSSR count). The molecule has 0 radical (unpaired) electrons. The van der Waals surface area contributed by atoms with Crippen LogP contribution in [0.25, 0.3) is 20.6 Å². The van der Waals surface area contributed by atoms with Gasteiger partial charge in [0.15, 0.2) is 0 Å². The third kappa shape index (κ3) is 0.995. The van der Waals surface area contributed by atoms with Gasteiger partial charge in [0.1, 0.15) is 27.3 Å². The molecule has 14 heavy (non-hydrogen) atoms. The Morgan fingerprint density at radius 1 is 1.00 bits per heavy atom. The first-order valence-corrected chi connectivity index (χ1v) is 5.05. The van der Waals surface area contributed by atoms with Crippen molar-refractivity contribution in [3.63, 3.8) is 0 Å². The van der Waals surface area contributed by atoms with E-state index in [0.29, 0.717) is 5.15 Å². The van der Waals surface area contributed by atoms with E-state index in [1.165, 1.54) is 17.7 Å². The summed E-state index contributed by atoms with van der Waals surface area (Å²) >= 11 is 7.39. The lowest BCUT2D eigenvalue weighted by molar-refractivity contribution is 1.23. The highest BCUT2D eigenvalue weighted by Crippen LogP contribution is 2.32. The lowest BCUT2D eigenvalue weighted by Gasteiger charge is -1.89. The van der Waals surface area contributed by atoms with E-state index >= 15 is 0 Å². The molecule has 3 heterocycles. The van der Waals surface area contributed by atoms with Gasteiger partial charge in [0.2, 0.25) is 0 Å². The molecule has 3 aromatic heterocycles. The maximum atomic E-state index is 5.93. The van der Waals surface area contributed by atoms with E-state index in [1.807, 2.05) is 0 Å². The molecule has 3 aromatic rings. The van der Waals surface area contributed by atoms with E-state index in [2.05, 4.69) is 19.9 Å². The molecule has 68 valence electrons. The molecule has 0 aliphatic carbocycles. The first-order chi connectivity index (χ1) is 6.86. The summed E-state index contributed by atoms with van der Waals surface area (Å²) < 4.78 is 0.843. The van der Waals surface area contributed by atoms with Gasteiger partial charge in [-0.1, -0.05) is 11.6 Å². The molecule has 0 saturated carbocycles. The molecule has 0 amide bonds. The van der Waals surface area contributed by atoms with Crippen LogP contribution in [0.1, 0.15) is 0 Å². The summed E-state index contributed by atoms with van der Waals surface area (Å²) in [5.41, 5.74) is 1.56. The number of hydrogen-bond donors (Lipinski definition) is 0. The van der Waals surface area contributed by atoms with Gasteiger partial charge < -0.3 is 0 Å². The van der Waals surface area contributed by atoms with Crippen molar-refractivity contribution in [2.75, 3.05) is 0 Å². The summed E-state index contributed by atoms with van der Waals surface area (Å²) in [7, 11) is 0. The minimum atomic E-state index is 0.458. The zero-order valence-corrected chi connectivity index (χ0v) is 8.38. The predicted octanol–water partition coefficient (Wildman–Crippen LogP) is 2.29. The first-order valence-electron chi connectivity index (χ1n) is 3.86. The molecule has 4 nitrogen and oxygen atoms in total. The Labute approximate surface area is 87.6 Å². The summed E-state index contributed by atoms with van der Waals surface area (Å²) in [5.74, 6) is 0. The Kier molecular flexibility index (Phi) is 1.62. The van der Waals surface area contributed by atoms with Crippen LogP contribution in [-0.4, -0.2) is 19.9 Å². The normalized spacial score (nSPS) is 11.2. The van der Waals surface area contributed by atoms with Gasteiger partial charge in [-0.3, -0.25) is 0 Å². The van der Waals surface area contributed by atoms with Crippen molar-refractivity contribution in [3.05, 3.63) is 23.9 Å². The second-order valence-corrected chi connectivity index (χ2v) is 4.01. The van der Waals surface area contributed by atoms with Crippen LogP contribution in [0.2, 0.25) is 5.15 Å². The highest BCUT2D eigenvalue weighted by molar-refractivity contribution is 7.25. The van der Waals surface area contributed by atoms with Gasteiger partial charge in [-0.05, 0) is 0 Å². The number of nitrogens with zero attached hydrogens (tertiary/aromatic N) is 4. The molecule has 0 aliphatic rings. The highest BCUT2D eigenvalue weighted by Gasteiger charge is 2.10. The molecule has 0 saturated heterocycles. The number of aromatic nitrogens is 4. The summed E-state index contributed by atoms with van der Waals surface area (Å²) in [6.45, 7) is 0. The molecule has 0 aromatic carbocycles. The second-order valence-electron chi connectivity index (χ2n) is 2.65. The van der Waals surface area contributed by atoms with Gasteiger partial charge in [-0.15, -0.1) is 11.3 Å². The quantitative estimate of drug-likeness (QED) is 0.548. The Hall–Kier alpha value is -1.33. The number of halogens is 1. The van der Waals surface area contributed by atoms with Crippen molar-refractivity contribution in [1.29, 1.82) is 0 Å². The fourth-order valence-electron chi connectivity index (χ4n) is 1.27. The Morgan fingerprint density at radius 2 is 1.86 bits per heavy atom. The topological polar surface area (TPSA) is 51.6 Å². The SMILES string of the molecule is Clc1ncnc2c1sc1nccnc12. The highest BCUT2D eigenvalue weighted by atomic mass is 35.5. The zero-order valence-electron chi connectivity index (χ0n) is 6.81. The molecule has 0 bridgehead atoms. The zero-order chi connectivity index (χ0) is 9.54. The average molecular weight is 223 g/mol. The van der Waals surface area contributed by atoms with Crippen molar-refractivity contribution >= 4 is 43.5 Å². The van der Waals surface area contributed by atoms with Crippen molar-refractivity contribution < 1.29 is 0 Å². The van der Waals surface area contributed by atoms with E-state index in [0.717, 1.165) is 20.6 Å². The monoisotopic (exact) mass is 222 g/mol. The predicted molar refractivity (Wildman–Crippen MR) is 55.5 cm³/mol. The van der Waals surface area contributed by atoms with Crippen LogP contribution in [-0.2, 0) is 0 Å². The van der Waals surface area contributed by atoms with E-state index in [-0.39, 0.29) is 0 Å². The standard InChI is InChI=1S/C8H3ClN4S/c9-7-6-4(12-3-13-7)5-8(14-6)11-2-1-10-5/h1-3H. The van der Waals surface area contributed by atoms with Gasteiger partial charge in [0.05, 0.1) is 4.70 Å². The second kappa shape index (κ2) is 2.83. The van der Waals surface area contributed by atoms with Crippen LogP contribution in [0, 0.1) is 0 Å². The smallest absolute Gasteiger partial charge is 0.150 e. The molecular formula is C8H3ClN4S. The number of hydrogen-bond acceptors (Lipinski definition) is 5. The first kappa shape index (κ1) is 8.02. The maximum Gasteiger partial charge on any atom is 0.150 e. The molecule has 0 aliphatic heterocycles. The van der Waals surface area contributed by atoms with Crippen LogP contribution < -0.4 is 0 Å². The van der Waals surface area contributed by atoms with Crippen LogP contribution in [0.5, 0.6) is 0 Å². The third-order valence-corrected chi connectivity index (χ3v) is 3.33. The van der Waals surface area contributed by atoms with Gasteiger partial charge in [0.25, 0.3) is 0 Å². The number of fused-ring (bicyclic) bond motifs is 3. The summed E-state index contributed by atoms with van der Waals surface area (Å²) in [6, 6.07) is 0. The Balaban J connectivity index is 2.63. The van der Waals surface area contributed by atoms with Gasteiger partial charge >= 0.3 is 0 Å². The molecule has 6 heteroatoms. The van der Waals surface area contributed by atoms with E-state index in [9.17, 15) is 0 Å². The summed E-state index contributed by atoms with van der Waals surface area (Å²) in [4.78, 5) is 17.3. The van der Waals surface area contributed by atoms with Crippen LogP contribution >= 0.6 is 22.9 Å². The van der Waals surface area contributed by atoms with Crippen LogP contribution in [0.4, 0.5) is 0 Å². The fourth-order valence-corrected chi connectivity index (χ4v) is 2.46. The summed E-state index contributed by atoms with van der Waals surface area (Å²) in [6.07, 6.45) is 4.73. The lowest BCUT2D eigenvalue weighted by Crippen LogP contribution is -1.80. The minimum Gasteiger partial charge on any atom is -0.250 e. The minimum absolute atomic E-state index is 0.458. The van der Waals surface area contributed by atoms with Gasteiger partial charge in [-0.25, -0.2) is 19.9 Å². The maximum absolute atomic E-state index is 5.93. The van der Waals surface area contributed by atoms with Crippen molar-refractivity contribution in [2.24, 2.45) is 0 Å².